The minimum absolute atomic E-state index is 0.0283. The molecule has 1 aliphatic heterocycles. The minimum atomic E-state index is -5.80. The third-order valence-corrected chi connectivity index (χ3v) is 13.0. The predicted octanol–water partition coefficient (Wildman–Crippen LogP) is 5.65. The summed E-state index contributed by atoms with van der Waals surface area (Å²) in [6, 6.07) is 0. The van der Waals surface area contributed by atoms with Gasteiger partial charge >= 0.3 is 27.6 Å². The van der Waals surface area contributed by atoms with Gasteiger partial charge in [0.1, 0.15) is 36.8 Å². The Morgan fingerprint density at radius 3 is 2.25 bits per heavy atom. The van der Waals surface area contributed by atoms with E-state index >= 15 is 0 Å². The van der Waals surface area contributed by atoms with E-state index in [2.05, 4.69) is 43.4 Å². The lowest BCUT2D eigenvalue weighted by Crippen LogP contribution is -2.56. The summed E-state index contributed by atoms with van der Waals surface area (Å²) in [7, 11) is -11.5. The molecule has 390 valence electrons. The van der Waals surface area contributed by atoms with Gasteiger partial charge in [-0.15, -0.1) is 0 Å². The topological polar surface area (TPSA) is 314 Å². The zero-order chi connectivity index (χ0) is 50.5. The summed E-state index contributed by atoms with van der Waals surface area (Å²) < 4.78 is 52.0. The van der Waals surface area contributed by atoms with Gasteiger partial charge in [0.25, 0.3) is 0 Å². The zero-order valence-corrected chi connectivity index (χ0v) is 41.3. The maximum Gasteiger partial charge on any atom is 0.472 e. The molecule has 68 heavy (non-hydrogen) atoms. The molecule has 1 heterocycles. The van der Waals surface area contributed by atoms with Gasteiger partial charge in [0, 0.05) is 25.2 Å². The molecule has 9 N–H and O–H groups in total. The molecule has 0 amide bonds. The summed E-state index contributed by atoms with van der Waals surface area (Å²) in [6.45, 7) is 2.40. The maximum absolute atomic E-state index is 13.9. The van der Waals surface area contributed by atoms with E-state index in [1.54, 1.807) is 6.08 Å². The van der Waals surface area contributed by atoms with Gasteiger partial charge < -0.3 is 54.8 Å². The van der Waals surface area contributed by atoms with Crippen LogP contribution < -0.4 is 0 Å². The van der Waals surface area contributed by atoms with Crippen LogP contribution in [0.4, 0.5) is 0 Å². The van der Waals surface area contributed by atoms with Crippen LogP contribution in [-0.2, 0) is 46.6 Å². The van der Waals surface area contributed by atoms with Crippen molar-refractivity contribution in [2.75, 3.05) is 13.2 Å². The fourth-order valence-corrected chi connectivity index (χ4v) is 9.16. The van der Waals surface area contributed by atoms with Gasteiger partial charge in [-0.25, -0.2) is 9.13 Å². The Morgan fingerprint density at radius 1 is 0.882 bits per heavy atom. The molecule has 19 nitrogen and oxygen atoms in total. The van der Waals surface area contributed by atoms with Crippen molar-refractivity contribution in [3.8, 4) is 0 Å². The summed E-state index contributed by atoms with van der Waals surface area (Å²) in [5.41, 5.74) is 0. The molecule has 0 radical (unpaired) electrons. The van der Waals surface area contributed by atoms with Gasteiger partial charge in [-0.05, 0) is 64.2 Å². The Balaban J connectivity index is 2.32. The Hall–Kier alpha value is -2.71. The lowest BCUT2D eigenvalue weighted by molar-refractivity contribution is -0.165. The van der Waals surface area contributed by atoms with E-state index in [4.69, 9.17) is 23.0 Å². The monoisotopic (exact) mass is 1010 g/mol. The van der Waals surface area contributed by atoms with Crippen LogP contribution >= 0.6 is 15.6 Å². The SMILES string of the molecule is CC/C=C\C/C=C\C/C=C\CCCCCCCC(=O)OC[C@@H]1COP(=O)(O)O[C@H]2[C@H](O)[C@@H](O)[C@H](O)[C@@H](C/C=C\CCCC(=O)O1)[C@@H](O)CC(=O)[C@H](/C=C/[C@@H](O)CCCCC)[C@@H](O)[C@H]2OP(=O)(O)O. The lowest BCUT2D eigenvalue weighted by Gasteiger charge is -2.38. The van der Waals surface area contributed by atoms with Crippen molar-refractivity contribution in [3.63, 3.8) is 0 Å². The number of ether oxygens (including phenoxy) is 2. The van der Waals surface area contributed by atoms with Gasteiger partial charge in [0.2, 0.25) is 0 Å². The number of aliphatic hydroxyl groups excluding tert-OH is 6. The average Bonchev–Trinajstić information content (AvgIpc) is 3.28. The van der Waals surface area contributed by atoms with E-state index < -0.39 is 120 Å². The quantitative estimate of drug-likeness (QED) is 0.0258. The molecular weight excluding hydrogens is 930 g/mol. The number of aliphatic hydroxyl groups is 6. The molecule has 12 atom stereocenters. The molecule has 21 heteroatoms. The number of phosphoric ester groups is 2. The van der Waals surface area contributed by atoms with E-state index in [0.717, 1.165) is 76.4 Å². The van der Waals surface area contributed by atoms with Crippen LogP contribution in [0.5, 0.6) is 0 Å². The fourth-order valence-electron chi connectivity index (χ4n) is 7.63. The minimum Gasteiger partial charge on any atom is -0.462 e. The molecular formula is C47H78O19P2. The van der Waals surface area contributed by atoms with Crippen LogP contribution in [0.3, 0.4) is 0 Å². The van der Waals surface area contributed by atoms with E-state index in [1.807, 2.05) is 6.92 Å². The number of hydrogen-bond acceptors (Lipinski definition) is 16. The first-order valence-electron chi connectivity index (χ1n) is 23.9. The van der Waals surface area contributed by atoms with Crippen molar-refractivity contribution < 1.29 is 91.9 Å². The van der Waals surface area contributed by atoms with Gasteiger partial charge in [-0.2, -0.15) is 0 Å². The number of phosphoric acid groups is 2. The Kier molecular flexibility index (Phi) is 30.5. The first-order chi connectivity index (χ1) is 32.3. The molecule has 1 unspecified atom stereocenters. The number of rotatable bonds is 23. The molecule has 0 aromatic carbocycles. The number of carbonyl (C=O) groups is 3. The van der Waals surface area contributed by atoms with Gasteiger partial charge in [0.15, 0.2) is 6.10 Å². The second-order valence-electron chi connectivity index (χ2n) is 17.2. The highest BCUT2D eigenvalue weighted by Crippen LogP contribution is 2.49. The number of unbranched alkanes of at least 4 members (excludes halogenated alkanes) is 7. The molecule has 2 rings (SSSR count). The number of ketones is 1. The summed E-state index contributed by atoms with van der Waals surface area (Å²) in [5.74, 6) is -5.81. The first kappa shape index (κ1) is 61.4. The van der Waals surface area contributed by atoms with Crippen LogP contribution in [0.2, 0.25) is 0 Å². The molecule has 0 aromatic rings. The summed E-state index contributed by atoms with van der Waals surface area (Å²) in [4.78, 5) is 70.5. The highest BCUT2D eigenvalue weighted by atomic mass is 31.2. The number of carbonyl (C=O) groups excluding carboxylic acids is 3. The largest absolute Gasteiger partial charge is 0.472 e. The van der Waals surface area contributed by atoms with Crippen molar-refractivity contribution in [2.45, 2.75) is 191 Å². The highest BCUT2D eigenvalue weighted by Gasteiger charge is 2.51. The summed E-state index contributed by atoms with van der Waals surface area (Å²) in [6.07, 6.45) is 7.88. The molecule has 0 saturated heterocycles. The van der Waals surface area contributed by atoms with Gasteiger partial charge in [0.05, 0.1) is 36.9 Å². The molecule has 1 aliphatic carbocycles. The zero-order valence-electron chi connectivity index (χ0n) is 39.5. The number of esters is 2. The fraction of sp³-hybridized carbons (Fsp3) is 0.723. The Labute approximate surface area is 400 Å². The van der Waals surface area contributed by atoms with Crippen molar-refractivity contribution >= 4 is 33.4 Å². The number of cyclic esters (lactones) is 1. The molecule has 2 aliphatic rings. The van der Waals surface area contributed by atoms with Crippen LogP contribution in [-0.4, -0.2) is 131 Å². The number of Topliss-reactive ketones (excluding diaryl/α,β-unsaturated/α-hetero) is 1. The predicted molar refractivity (Wildman–Crippen MR) is 251 cm³/mol. The molecule has 1 fully saturated rings. The van der Waals surface area contributed by atoms with E-state index in [9.17, 15) is 68.8 Å². The smallest absolute Gasteiger partial charge is 0.462 e. The third-order valence-electron chi connectivity index (χ3n) is 11.4. The summed E-state index contributed by atoms with van der Waals surface area (Å²) in [5, 5.41) is 67.9. The Bertz CT molecular complexity index is 1710. The average molecular weight is 1010 g/mol. The molecule has 2 bridgehead atoms. The number of hydrogen-bond donors (Lipinski definition) is 9. The Morgan fingerprint density at radius 2 is 1.56 bits per heavy atom. The van der Waals surface area contributed by atoms with Crippen molar-refractivity contribution in [1.29, 1.82) is 0 Å². The maximum atomic E-state index is 13.9. The molecule has 0 spiro atoms. The van der Waals surface area contributed by atoms with Crippen LogP contribution in [0, 0.1) is 11.8 Å². The second kappa shape index (κ2) is 33.8. The number of fused-ring (bicyclic) bond motifs is 4. The van der Waals surface area contributed by atoms with E-state index in [0.29, 0.717) is 12.8 Å². The van der Waals surface area contributed by atoms with Crippen molar-refractivity contribution in [2.24, 2.45) is 11.8 Å². The number of allylic oxidation sites excluding steroid dienone is 8. The van der Waals surface area contributed by atoms with Crippen molar-refractivity contribution in [3.05, 3.63) is 60.8 Å². The van der Waals surface area contributed by atoms with Crippen LogP contribution in [0.15, 0.2) is 60.8 Å². The molecule has 0 aromatic heterocycles. The molecule has 1 saturated carbocycles. The van der Waals surface area contributed by atoms with Gasteiger partial charge in [-0.3, -0.25) is 28.0 Å². The summed E-state index contributed by atoms with van der Waals surface area (Å²) >= 11 is 0. The van der Waals surface area contributed by atoms with Crippen LogP contribution in [0.1, 0.15) is 136 Å². The van der Waals surface area contributed by atoms with Crippen LogP contribution in [0.25, 0.3) is 0 Å². The normalized spacial score (nSPS) is 31.0. The first-order valence-corrected chi connectivity index (χ1v) is 27.0. The van der Waals surface area contributed by atoms with E-state index in [1.165, 1.54) is 6.08 Å². The van der Waals surface area contributed by atoms with Gasteiger partial charge in [-0.1, -0.05) is 113 Å². The highest BCUT2D eigenvalue weighted by molar-refractivity contribution is 7.47. The standard InChI is InChI=1S/C47H78O19P2/c1-3-5-7-8-9-10-11-12-13-14-15-16-17-18-23-27-40(51)62-32-35-33-63-68(60,61)66-47-45(56)44(55)42(53)36(26-22-19-20-24-28-41(52)64-35)38(49)31-39(50)37(30-29-34(48)25-21-6-4-2)43(54)46(47)65-67(57,58)59/h5,7,9-10,12-13,19,22,29-30,34-38,42-49,53-56H,3-4,6,8,11,14-18,20-21,23-28,31-33H2,1-2H3,(H,60,61)(H2,57,58,59)/b7-5-,10-9-,13-12-,22-19-,30-29+/t34-,35+,36-,37-,38-,42+,43+,44-,45+,46+,47-/m0/s1. The van der Waals surface area contributed by atoms with E-state index in [-0.39, 0.29) is 38.5 Å². The lowest BCUT2D eigenvalue weighted by atomic mass is 9.83. The third kappa shape index (κ3) is 25.4. The second-order valence-corrected chi connectivity index (χ2v) is 19.8. The van der Waals surface area contributed by atoms with Crippen molar-refractivity contribution in [1.82, 2.24) is 0 Å².